The van der Waals surface area contributed by atoms with Crippen LogP contribution in [0, 0.1) is 11.6 Å². The molecule has 2 heterocycles. The predicted molar refractivity (Wildman–Crippen MR) is 122 cm³/mol. The number of hydrogen-bond acceptors (Lipinski definition) is 3. The van der Waals surface area contributed by atoms with Crippen molar-refractivity contribution in [1.29, 1.82) is 0 Å². The number of nitrogens with one attached hydrogen (secondary N) is 2. The summed E-state index contributed by atoms with van der Waals surface area (Å²) in [5.41, 5.74) is 1.75. The zero-order valence-corrected chi connectivity index (χ0v) is 18.1. The van der Waals surface area contributed by atoms with Gasteiger partial charge in [0.1, 0.15) is 17.7 Å². The number of hydrogen-bond donors (Lipinski definition) is 2. The second-order valence-corrected chi connectivity index (χ2v) is 8.45. The summed E-state index contributed by atoms with van der Waals surface area (Å²) in [5, 5.41) is 5.64. The van der Waals surface area contributed by atoms with Gasteiger partial charge in [0.15, 0.2) is 0 Å². The van der Waals surface area contributed by atoms with Crippen LogP contribution in [0.3, 0.4) is 0 Å². The fourth-order valence-corrected chi connectivity index (χ4v) is 4.55. The highest BCUT2D eigenvalue weighted by Gasteiger charge is 2.40. The molecule has 0 saturated carbocycles. The van der Waals surface area contributed by atoms with E-state index in [1.165, 1.54) is 29.2 Å². The van der Waals surface area contributed by atoms with Gasteiger partial charge in [-0.2, -0.15) is 0 Å². The van der Waals surface area contributed by atoms with Gasteiger partial charge in [0.05, 0.1) is 11.3 Å². The molecule has 0 aromatic heterocycles. The van der Waals surface area contributed by atoms with Crippen molar-refractivity contribution < 1.29 is 23.2 Å². The maximum atomic E-state index is 14.3. The molecular formula is C26H21F2N3O3. The molecule has 5 rings (SSSR count). The van der Waals surface area contributed by atoms with Gasteiger partial charge < -0.3 is 15.5 Å². The normalized spacial score (nSPS) is 19.5. The minimum Gasteiger partial charge on any atom is -0.349 e. The molecule has 3 aromatic rings. The Labute approximate surface area is 194 Å². The summed E-state index contributed by atoms with van der Waals surface area (Å²) in [6, 6.07) is 15.4. The molecule has 2 aliphatic rings. The van der Waals surface area contributed by atoms with Gasteiger partial charge in [0.25, 0.3) is 11.8 Å². The van der Waals surface area contributed by atoms with Gasteiger partial charge in [0.2, 0.25) is 5.91 Å². The number of nitrogens with zero attached hydrogens (tertiary/aromatic N) is 1. The van der Waals surface area contributed by atoms with Crippen LogP contribution in [0.1, 0.15) is 33.6 Å². The van der Waals surface area contributed by atoms with Crippen LogP contribution in [0.2, 0.25) is 0 Å². The highest BCUT2D eigenvalue weighted by Crippen LogP contribution is 2.32. The summed E-state index contributed by atoms with van der Waals surface area (Å²) < 4.78 is 27.7. The van der Waals surface area contributed by atoms with Crippen LogP contribution in [0.4, 0.5) is 14.5 Å². The van der Waals surface area contributed by atoms with Gasteiger partial charge in [-0.3, -0.25) is 14.4 Å². The third kappa shape index (κ3) is 4.03. The van der Waals surface area contributed by atoms with E-state index in [9.17, 15) is 23.2 Å². The standard InChI is InChI=1S/C26H21F2N3O3/c27-17-5-3-4-16(12-17)24(32)29-18-10-11-31-23(14-18)25(33)30-22-9-8-15(13-20(22)26(31)34)19-6-1-2-7-21(19)28/h1-9,12-13,18,23H,10-11,14H2,(H,29,32)(H,30,33). The SMILES string of the molecule is O=C(NC1CCN2C(=O)c3cc(-c4ccccc4F)ccc3NC(=O)C2C1)c1cccc(F)c1. The zero-order valence-electron chi connectivity index (χ0n) is 18.1. The third-order valence-corrected chi connectivity index (χ3v) is 6.28. The Hall–Kier alpha value is -4.07. The third-order valence-electron chi connectivity index (χ3n) is 6.28. The number of rotatable bonds is 3. The Morgan fingerprint density at radius 2 is 1.79 bits per heavy atom. The molecule has 2 N–H and O–H groups in total. The quantitative estimate of drug-likeness (QED) is 0.619. The smallest absolute Gasteiger partial charge is 0.256 e. The van der Waals surface area contributed by atoms with Crippen molar-refractivity contribution in [1.82, 2.24) is 10.2 Å². The number of carbonyl (C=O) groups excluding carboxylic acids is 3. The molecule has 3 aromatic carbocycles. The summed E-state index contributed by atoms with van der Waals surface area (Å²) >= 11 is 0. The van der Waals surface area contributed by atoms with E-state index in [1.807, 2.05) is 0 Å². The lowest BCUT2D eigenvalue weighted by molar-refractivity contribution is -0.121. The minimum absolute atomic E-state index is 0.192. The van der Waals surface area contributed by atoms with Gasteiger partial charge in [-0.15, -0.1) is 0 Å². The Kier molecular flexibility index (Phi) is 5.57. The Bertz CT molecular complexity index is 1310. The molecule has 0 bridgehead atoms. The van der Waals surface area contributed by atoms with Crippen LogP contribution < -0.4 is 10.6 Å². The number of carbonyl (C=O) groups is 3. The van der Waals surface area contributed by atoms with E-state index >= 15 is 0 Å². The Morgan fingerprint density at radius 3 is 2.59 bits per heavy atom. The summed E-state index contributed by atoms with van der Waals surface area (Å²) in [4.78, 5) is 40.4. The lowest BCUT2D eigenvalue weighted by atomic mass is 9.95. The van der Waals surface area contributed by atoms with E-state index in [0.29, 0.717) is 28.8 Å². The first-order valence-corrected chi connectivity index (χ1v) is 11.0. The van der Waals surface area contributed by atoms with Gasteiger partial charge in [-0.1, -0.05) is 30.3 Å². The second kappa shape index (κ2) is 8.70. The fourth-order valence-electron chi connectivity index (χ4n) is 4.55. The molecule has 6 nitrogen and oxygen atoms in total. The molecule has 0 radical (unpaired) electrons. The number of amides is 3. The van der Waals surface area contributed by atoms with Gasteiger partial charge in [0, 0.05) is 23.7 Å². The van der Waals surface area contributed by atoms with E-state index in [1.54, 1.807) is 36.4 Å². The predicted octanol–water partition coefficient (Wildman–Crippen LogP) is 3.99. The van der Waals surface area contributed by atoms with Crippen molar-refractivity contribution in [3.8, 4) is 11.1 Å². The van der Waals surface area contributed by atoms with Crippen LogP contribution in [0.25, 0.3) is 11.1 Å². The average molecular weight is 461 g/mol. The van der Waals surface area contributed by atoms with Crippen LogP contribution in [0.5, 0.6) is 0 Å². The number of fused-ring (bicyclic) bond motifs is 2. The molecule has 172 valence electrons. The van der Waals surface area contributed by atoms with Crippen LogP contribution in [0.15, 0.2) is 66.7 Å². The first kappa shape index (κ1) is 21.8. The molecule has 34 heavy (non-hydrogen) atoms. The topological polar surface area (TPSA) is 78.5 Å². The molecule has 2 atom stereocenters. The van der Waals surface area contributed by atoms with Crippen molar-refractivity contribution in [3.05, 3.63) is 89.5 Å². The Balaban J connectivity index is 1.37. The van der Waals surface area contributed by atoms with Crippen molar-refractivity contribution in [2.45, 2.75) is 24.9 Å². The number of halogens is 2. The van der Waals surface area contributed by atoms with Crippen molar-refractivity contribution in [2.75, 3.05) is 11.9 Å². The first-order chi connectivity index (χ1) is 16.4. The first-order valence-electron chi connectivity index (χ1n) is 11.0. The van der Waals surface area contributed by atoms with Crippen molar-refractivity contribution in [3.63, 3.8) is 0 Å². The average Bonchev–Trinajstić information content (AvgIpc) is 2.93. The van der Waals surface area contributed by atoms with Gasteiger partial charge in [-0.05, 0) is 54.8 Å². The molecular weight excluding hydrogens is 440 g/mol. The maximum Gasteiger partial charge on any atom is 0.256 e. The highest BCUT2D eigenvalue weighted by molar-refractivity contribution is 6.10. The van der Waals surface area contributed by atoms with Crippen LogP contribution in [-0.4, -0.2) is 41.2 Å². The summed E-state index contributed by atoms with van der Waals surface area (Å²) in [7, 11) is 0. The fraction of sp³-hybridized carbons (Fsp3) is 0.192. The van der Waals surface area contributed by atoms with Gasteiger partial charge in [-0.25, -0.2) is 8.78 Å². The second-order valence-electron chi connectivity index (χ2n) is 8.45. The summed E-state index contributed by atoms with van der Waals surface area (Å²) in [5.74, 6) is -2.03. The molecule has 8 heteroatoms. The molecule has 1 fully saturated rings. The van der Waals surface area contributed by atoms with Crippen LogP contribution >= 0.6 is 0 Å². The largest absolute Gasteiger partial charge is 0.349 e. The number of piperidine rings is 1. The number of anilines is 1. The summed E-state index contributed by atoms with van der Waals surface area (Å²) in [6.45, 7) is 0.258. The lowest BCUT2D eigenvalue weighted by Gasteiger charge is -2.37. The van der Waals surface area contributed by atoms with E-state index < -0.39 is 23.6 Å². The van der Waals surface area contributed by atoms with E-state index in [4.69, 9.17) is 0 Å². The van der Waals surface area contributed by atoms with Crippen molar-refractivity contribution >= 4 is 23.4 Å². The molecule has 0 aliphatic carbocycles. The highest BCUT2D eigenvalue weighted by atomic mass is 19.1. The van der Waals surface area contributed by atoms with E-state index in [2.05, 4.69) is 10.6 Å². The zero-order chi connectivity index (χ0) is 23.8. The summed E-state index contributed by atoms with van der Waals surface area (Å²) in [6.07, 6.45) is 0.672. The molecule has 0 spiro atoms. The van der Waals surface area contributed by atoms with Crippen LogP contribution in [-0.2, 0) is 4.79 Å². The van der Waals surface area contributed by atoms with Crippen molar-refractivity contribution in [2.24, 2.45) is 0 Å². The monoisotopic (exact) mass is 461 g/mol. The maximum absolute atomic E-state index is 14.3. The molecule has 2 aliphatic heterocycles. The van der Waals surface area contributed by atoms with E-state index in [0.717, 1.165) is 6.07 Å². The lowest BCUT2D eigenvalue weighted by Crippen LogP contribution is -2.55. The molecule has 2 unspecified atom stereocenters. The Morgan fingerprint density at radius 1 is 0.971 bits per heavy atom. The van der Waals surface area contributed by atoms with Gasteiger partial charge >= 0.3 is 0 Å². The number of benzene rings is 3. The minimum atomic E-state index is -0.775. The molecule has 1 saturated heterocycles. The molecule has 3 amide bonds. The van der Waals surface area contributed by atoms with E-state index in [-0.39, 0.29) is 36.4 Å².